The molecule has 0 radical (unpaired) electrons. The quantitative estimate of drug-likeness (QED) is 0.512. The largest absolute Gasteiger partial charge is 0.423 e. The minimum atomic E-state index is -0.406. The second-order valence-electron chi connectivity index (χ2n) is 4.64. The number of para-hydroxylation sites is 1. The number of esters is 1. The molecule has 2 rings (SSSR count). The third kappa shape index (κ3) is 3.48. The van der Waals surface area contributed by atoms with Gasteiger partial charge in [0.15, 0.2) is 0 Å². The van der Waals surface area contributed by atoms with E-state index >= 15 is 0 Å². The van der Waals surface area contributed by atoms with Crippen LogP contribution in [0.15, 0.2) is 60.7 Å². The first kappa shape index (κ1) is 13.9. The van der Waals surface area contributed by atoms with E-state index in [-0.39, 0.29) is 0 Å². The van der Waals surface area contributed by atoms with Gasteiger partial charge in [-0.3, -0.25) is 0 Å². The Kier molecular flexibility index (Phi) is 4.20. The predicted molar refractivity (Wildman–Crippen MR) is 81.4 cm³/mol. The van der Waals surface area contributed by atoms with E-state index in [9.17, 15) is 4.79 Å². The molecule has 0 aliphatic rings. The van der Waals surface area contributed by atoms with Gasteiger partial charge in [0.05, 0.1) is 0 Å². The lowest BCUT2D eigenvalue weighted by atomic mass is 10.2. The lowest BCUT2D eigenvalue weighted by Crippen LogP contribution is -2.09. The smallest absolute Gasteiger partial charge is 0.338 e. The number of hydrogen-bond acceptors (Lipinski definition) is 3. The highest BCUT2D eigenvalue weighted by Gasteiger charge is 2.08. The molecule has 2 aromatic carbocycles. The lowest BCUT2D eigenvalue weighted by Gasteiger charge is -2.11. The summed E-state index contributed by atoms with van der Waals surface area (Å²) in [4.78, 5) is 11.5. The van der Waals surface area contributed by atoms with Gasteiger partial charge in [-0.2, -0.15) is 0 Å². The van der Waals surface area contributed by atoms with Crippen molar-refractivity contribution in [2.24, 2.45) is 0 Å². The molecule has 3 nitrogen and oxygen atoms in total. The maximum absolute atomic E-state index is 11.5. The Morgan fingerprint density at radius 2 is 1.80 bits per heavy atom. The number of carbonyl (C=O) groups is 1. The average Bonchev–Trinajstić information content (AvgIpc) is 2.42. The first-order valence-corrected chi connectivity index (χ1v) is 6.36. The van der Waals surface area contributed by atoms with Gasteiger partial charge in [-0.15, -0.1) is 0 Å². The van der Waals surface area contributed by atoms with Crippen LogP contribution in [0.3, 0.4) is 0 Å². The van der Waals surface area contributed by atoms with Crippen molar-refractivity contribution in [3.63, 3.8) is 0 Å². The molecule has 20 heavy (non-hydrogen) atoms. The van der Waals surface area contributed by atoms with Gasteiger partial charge in [0, 0.05) is 16.9 Å². The molecule has 0 aromatic heterocycles. The van der Waals surface area contributed by atoms with E-state index in [1.54, 1.807) is 13.0 Å². The van der Waals surface area contributed by atoms with Crippen LogP contribution in [0.4, 0.5) is 11.4 Å². The molecule has 0 bridgehead atoms. The summed E-state index contributed by atoms with van der Waals surface area (Å²) >= 11 is 0. The first-order valence-electron chi connectivity index (χ1n) is 6.36. The summed E-state index contributed by atoms with van der Waals surface area (Å²) in [6, 6.07) is 15.5. The van der Waals surface area contributed by atoms with E-state index in [0.717, 1.165) is 16.9 Å². The molecular weight excluding hydrogens is 250 g/mol. The minimum Gasteiger partial charge on any atom is -0.423 e. The molecule has 1 N–H and O–H groups in total. The number of benzene rings is 2. The van der Waals surface area contributed by atoms with Gasteiger partial charge in [-0.1, -0.05) is 24.8 Å². The van der Waals surface area contributed by atoms with Crippen molar-refractivity contribution in [3.8, 4) is 5.75 Å². The van der Waals surface area contributed by atoms with Gasteiger partial charge in [0.2, 0.25) is 0 Å². The normalized spacial score (nSPS) is 9.90. The summed E-state index contributed by atoms with van der Waals surface area (Å²) in [5, 5.41) is 3.29. The molecule has 0 saturated carbocycles. The van der Waals surface area contributed by atoms with Crippen molar-refractivity contribution in [2.45, 2.75) is 13.8 Å². The number of nitrogens with one attached hydrogen (secondary N) is 1. The van der Waals surface area contributed by atoms with Crippen molar-refractivity contribution in [3.05, 3.63) is 66.2 Å². The van der Waals surface area contributed by atoms with Crippen LogP contribution in [0.2, 0.25) is 0 Å². The standard InChI is InChI=1S/C17H17NO2/c1-12(2)17(19)20-16-10-9-15(11-13(16)3)18-14-7-5-4-6-8-14/h4-11,18H,1H2,2-3H3. The monoisotopic (exact) mass is 267 g/mol. The molecule has 0 aliphatic carbocycles. The Morgan fingerprint density at radius 3 is 2.40 bits per heavy atom. The highest BCUT2D eigenvalue weighted by molar-refractivity contribution is 5.89. The fourth-order valence-electron chi connectivity index (χ4n) is 1.72. The molecule has 0 aliphatic heterocycles. The molecule has 0 saturated heterocycles. The minimum absolute atomic E-state index is 0.385. The van der Waals surface area contributed by atoms with E-state index in [4.69, 9.17) is 4.74 Å². The fourth-order valence-corrected chi connectivity index (χ4v) is 1.72. The van der Waals surface area contributed by atoms with Crippen molar-refractivity contribution >= 4 is 17.3 Å². The predicted octanol–water partition coefficient (Wildman–Crippen LogP) is 4.22. The van der Waals surface area contributed by atoms with E-state index in [2.05, 4.69) is 11.9 Å². The topological polar surface area (TPSA) is 38.3 Å². The summed E-state index contributed by atoms with van der Waals surface area (Å²) in [7, 11) is 0. The number of hydrogen-bond donors (Lipinski definition) is 1. The van der Waals surface area contributed by atoms with Gasteiger partial charge in [-0.25, -0.2) is 4.79 Å². The zero-order valence-corrected chi connectivity index (χ0v) is 11.6. The summed E-state index contributed by atoms with van der Waals surface area (Å²) in [5.74, 6) is 0.147. The maximum Gasteiger partial charge on any atom is 0.338 e. The third-order valence-corrected chi connectivity index (χ3v) is 2.79. The zero-order valence-electron chi connectivity index (χ0n) is 11.6. The van der Waals surface area contributed by atoms with Crippen LogP contribution in [0.1, 0.15) is 12.5 Å². The Bertz CT molecular complexity index is 633. The summed E-state index contributed by atoms with van der Waals surface area (Å²) in [6.45, 7) is 7.10. The molecule has 0 atom stereocenters. The average molecular weight is 267 g/mol. The lowest BCUT2D eigenvalue weighted by molar-refractivity contribution is -0.130. The molecule has 2 aromatic rings. The highest BCUT2D eigenvalue weighted by atomic mass is 16.5. The van der Waals surface area contributed by atoms with Crippen LogP contribution in [-0.4, -0.2) is 5.97 Å². The second-order valence-corrected chi connectivity index (χ2v) is 4.64. The number of ether oxygens (including phenoxy) is 1. The number of rotatable bonds is 4. The molecule has 0 unspecified atom stereocenters. The summed E-state index contributed by atoms with van der Waals surface area (Å²) < 4.78 is 5.25. The zero-order chi connectivity index (χ0) is 14.5. The Labute approximate surface area is 118 Å². The van der Waals surface area contributed by atoms with Gasteiger partial charge >= 0.3 is 5.97 Å². The van der Waals surface area contributed by atoms with Crippen LogP contribution in [0, 0.1) is 6.92 Å². The first-order chi connectivity index (χ1) is 9.56. The summed E-state index contributed by atoms with van der Waals surface area (Å²) in [5.41, 5.74) is 3.24. The van der Waals surface area contributed by atoms with E-state index in [1.165, 1.54) is 0 Å². The van der Waals surface area contributed by atoms with Gasteiger partial charge < -0.3 is 10.1 Å². The van der Waals surface area contributed by atoms with Crippen LogP contribution < -0.4 is 10.1 Å². The molecule has 3 heteroatoms. The second kappa shape index (κ2) is 6.06. The number of carbonyl (C=O) groups excluding carboxylic acids is 1. The van der Waals surface area contributed by atoms with Crippen molar-refractivity contribution in [1.82, 2.24) is 0 Å². The highest BCUT2D eigenvalue weighted by Crippen LogP contribution is 2.24. The van der Waals surface area contributed by atoms with Gasteiger partial charge in [0.1, 0.15) is 5.75 Å². The Hall–Kier alpha value is -2.55. The molecule has 0 amide bonds. The van der Waals surface area contributed by atoms with Crippen LogP contribution in [-0.2, 0) is 4.79 Å². The van der Waals surface area contributed by atoms with E-state index in [0.29, 0.717) is 11.3 Å². The third-order valence-electron chi connectivity index (χ3n) is 2.79. The van der Waals surface area contributed by atoms with E-state index < -0.39 is 5.97 Å². The molecular formula is C17H17NO2. The van der Waals surface area contributed by atoms with Gasteiger partial charge in [-0.05, 0) is 49.7 Å². The molecule has 0 spiro atoms. The van der Waals surface area contributed by atoms with Crippen molar-refractivity contribution in [1.29, 1.82) is 0 Å². The van der Waals surface area contributed by atoms with Crippen molar-refractivity contribution in [2.75, 3.05) is 5.32 Å². The SMILES string of the molecule is C=C(C)C(=O)Oc1ccc(Nc2ccccc2)cc1C. The maximum atomic E-state index is 11.5. The Balaban J connectivity index is 2.13. The molecule has 102 valence electrons. The molecule has 0 fully saturated rings. The van der Waals surface area contributed by atoms with E-state index in [1.807, 2.05) is 49.4 Å². The fraction of sp³-hybridized carbons (Fsp3) is 0.118. The number of aryl methyl sites for hydroxylation is 1. The van der Waals surface area contributed by atoms with Crippen LogP contribution in [0.25, 0.3) is 0 Å². The molecule has 0 heterocycles. The summed E-state index contributed by atoms with van der Waals surface area (Å²) in [6.07, 6.45) is 0. The van der Waals surface area contributed by atoms with Gasteiger partial charge in [0.25, 0.3) is 0 Å². The Morgan fingerprint density at radius 1 is 1.10 bits per heavy atom. The van der Waals surface area contributed by atoms with Crippen LogP contribution >= 0.6 is 0 Å². The van der Waals surface area contributed by atoms with Crippen molar-refractivity contribution < 1.29 is 9.53 Å². The number of anilines is 2. The van der Waals surface area contributed by atoms with Crippen LogP contribution in [0.5, 0.6) is 5.75 Å².